The average Bonchev–Trinajstić information content (AvgIpc) is 2.62. The van der Waals surface area contributed by atoms with Crippen LogP contribution in [0.25, 0.3) is 0 Å². The molecule has 0 atom stereocenters. The number of anilines is 2. The lowest BCUT2D eigenvalue weighted by Crippen LogP contribution is -1.94. The number of aliphatic imine (C=N–C) groups is 1. The van der Waals surface area contributed by atoms with Gasteiger partial charge in [0.1, 0.15) is 0 Å². The second kappa shape index (κ2) is 7.60. The molecule has 0 aromatic heterocycles. The zero-order valence-electron chi connectivity index (χ0n) is 14.1. The van der Waals surface area contributed by atoms with E-state index < -0.39 is 0 Å². The first-order valence-corrected chi connectivity index (χ1v) is 8.27. The molecule has 0 saturated carbocycles. The highest BCUT2D eigenvalue weighted by molar-refractivity contribution is 5.90. The van der Waals surface area contributed by atoms with Crippen molar-refractivity contribution in [1.29, 1.82) is 0 Å². The molecule has 2 nitrogen and oxygen atoms in total. The minimum Gasteiger partial charge on any atom is -0.355 e. The molecule has 0 spiro atoms. The van der Waals surface area contributed by atoms with E-state index in [1.54, 1.807) is 0 Å². The summed E-state index contributed by atoms with van der Waals surface area (Å²) < 4.78 is 0. The third-order valence-electron chi connectivity index (χ3n) is 3.90. The van der Waals surface area contributed by atoms with Gasteiger partial charge in [0, 0.05) is 23.2 Å². The molecule has 0 radical (unpaired) electrons. The molecule has 3 aromatic carbocycles. The van der Waals surface area contributed by atoms with Gasteiger partial charge in [-0.25, -0.2) is 0 Å². The summed E-state index contributed by atoms with van der Waals surface area (Å²) >= 11 is 0. The lowest BCUT2D eigenvalue weighted by Gasteiger charge is -2.09. The highest BCUT2D eigenvalue weighted by Crippen LogP contribution is 2.22. The zero-order valence-corrected chi connectivity index (χ0v) is 14.1. The molecule has 3 aromatic rings. The Kier molecular flexibility index (Phi) is 5.07. The molecule has 2 heteroatoms. The third-order valence-corrected chi connectivity index (χ3v) is 3.90. The predicted octanol–water partition coefficient (Wildman–Crippen LogP) is 6.30. The Hall–Kier alpha value is -2.87. The second-order valence-corrected chi connectivity index (χ2v) is 6.09. The first-order chi connectivity index (χ1) is 11.7. The van der Waals surface area contributed by atoms with Gasteiger partial charge in [0.15, 0.2) is 0 Å². The number of nitrogens with zero attached hydrogens (tertiary/aromatic N) is 1. The molecule has 1 N–H and O–H groups in total. The Morgan fingerprint density at radius 3 is 2.38 bits per heavy atom. The first-order valence-electron chi connectivity index (χ1n) is 8.27. The number of hydrogen-bond acceptors (Lipinski definition) is 2. The van der Waals surface area contributed by atoms with E-state index in [0.717, 1.165) is 22.6 Å². The molecule has 0 unspecified atom stereocenters. The quantitative estimate of drug-likeness (QED) is 0.549. The van der Waals surface area contributed by atoms with Crippen molar-refractivity contribution < 1.29 is 0 Å². The number of rotatable bonds is 5. The average molecular weight is 314 g/mol. The molecule has 0 bridgehead atoms. The molecule has 24 heavy (non-hydrogen) atoms. The van der Waals surface area contributed by atoms with E-state index in [1.807, 2.05) is 42.6 Å². The minimum absolute atomic E-state index is 0.507. The molecule has 0 aliphatic heterocycles. The second-order valence-electron chi connectivity index (χ2n) is 6.09. The third kappa shape index (κ3) is 4.11. The maximum absolute atomic E-state index is 4.66. The van der Waals surface area contributed by atoms with Crippen LogP contribution in [0, 0.1) is 0 Å². The highest BCUT2D eigenvalue weighted by atomic mass is 14.9. The molecular formula is C22H22N2. The van der Waals surface area contributed by atoms with Crippen LogP contribution in [0.4, 0.5) is 17.1 Å². The fourth-order valence-corrected chi connectivity index (χ4v) is 2.51. The fraction of sp³-hybridized carbons (Fsp3) is 0.136. The summed E-state index contributed by atoms with van der Waals surface area (Å²) in [6.07, 6.45) is 1.92. The van der Waals surface area contributed by atoms with Crippen LogP contribution in [0.15, 0.2) is 83.9 Å². The SMILES string of the molecule is CC(C)c1cccc(N=Cc2ccccc2Nc2ccccc2)c1. The Balaban J connectivity index is 1.84. The molecule has 0 saturated heterocycles. The number of nitrogens with one attached hydrogen (secondary N) is 1. The number of hydrogen-bond donors (Lipinski definition) is 1. The van der Waals surface area contributed by atoms with Gasteiger partial charge in [-0.05, 0) is 41.8 Å². The molecular weight excluding hydrogens is 292 g/mol. The monoisotopic (exact) mass is 314 g/mol. The van der Waals surface area contributed by atoms with Crippen LogP contribution in [0.1, 0.15) is 30.9 Å². The van der Waals surface area contributed by atoms with Gasteiger partial charge in [-0.2, -0.15) is 0 Å². The van der Waals surface area contributed by atoms with Gasteiger partial charge >= 0.3 is 0 Å². The van der Waals surface area contributed by atoms with Crippen LogP contribution in [0.3, 0.4) is 0 Å². The number of para-hydroxylation sites is 2. The highest BCUT2D eigenvalue weighted by Gasteiger charge is 2.01. The molecule has 0 aliphatic rings. The topological polar surface area (TPSA) is 24.4 Å². The standard InChI is InChI=1S/C22H22N2/c1-17(2)18-10-8-13-21(15-18)23-16-19-9-6-7-14-22(19)24-20-11-4-3-5-12-20/h3-17,24H,1-2H3. The Morgan fingerprint density at radius 2 is 1.58 bits per heavy atom. The molecule has 0 amide bonds. The van der Waals surface area contributed by atoms with Crippen molar-refractivity contribution in [3.8, 4) is 0 Å². The lowest BCUT2D eigenvalue weighted by molar-refractivity contribution is 0.867. The van der Waals surface area contributed by atoms with E-state index in [1.165, 1.54) is 5.56 Å². The molecule has 0 heterocycles. The summed E-state index contributed by atoms with van der Waals surface area (Å²) in [6.45, 7) is 4.39. The van der Waals surface area contributed by atoms with E-state index in [2.05, 4.69) is 66.6 Å². The van der Waals surface area contributed by atoms with Gasteiger partial charge in [-0.15, -0.1) is 0 Å². The summed E-state index contributed by atoms with van der Waals surface area (Å²) in [6, 6.07) is 26.8. The Bertz CT molecular complexity index is 820. The van der Waals surface area contributed by atoms with Crippen LogP contribution in [0.5, 0.6) is 0 Å². The van der Waals surface area contributed by atoms with Crippen LogP contribution >= 0.6 is 0 Å². The van der Waals surface area contributed by atoms with Crippen molar-refractivity contribution in [3.05, 3.63) is 90.0 Å². The lowest BCUT2D eigenvalue weighted by atomic mass is 10.0. The van der Waals surface area contributed by atoms with Crippen LogP contribution in [-0.2, 0) is 0 Å². The summed E-state index contributed by atoms with van der Waals surface area (Å²) in [4.78, 5) is 4.66. The minimum atomic E-state index is 0.507. The van der Waals surface area contributed by atoms with Crippen molar-refractivity contribution in [2.75, 3.05) is 5.32 Å². The molecule has 120 valence electrons. The molecule has 3 rings (SSSR count). The van der Waals surface area contributed by atoms with Gasteiger partial charge in [-0.3, -0.25) is 4.99 Å². The van der Waals surface area contributed by atoms with Gasteiger partial charge in [-0.1, -0.05) is 62.4 Å². The Labute approximate surface area is 143 Å². The van der Waals surface area contributed by atoms with Crippen molar-refractivity contribution in [2.45, 2.75) is 19.8 Å². The van der Waals surface area contributed by atoms with Crippen molar-refractivity contribution in [1.82, 2.24) is 0 Å². The molecule has 0 aliphatic carbocycles. The van der Waals surface area contributed by atoms with Crippen molar-refractivity contribution in [2.24, 2.45) is 4.99 Å². The predicted molar refractivity (Wildman–Crippen MR) is 104 cm³/mol. The summed E-state index contributed by atoms with van der Waals surface area (Å²) in [5.74, 6) is 0.507. The van der Waals surface area contributed by atoms with Crippen LogP contribution in [-0.4, -0.2) is 6.21 Å². The van der Waals surface area contributed by atoms with Crippen LogP contribution in [0.2, 0.25) is 0 Å². The summed E-state index contributed by atoms with van der Waals surface area (Å²) in [5.41, 5.74) is 5.47. The van der Waals surface area contributed by atoms with Crippen molar-refractivity contribution in [3.63, 3.8) is 0 Å². The van der Waals surface area contributed by atoms with Crippen LogP contribution < -0.4 is 5.32 Å². The maximum atomic E-state index is 4.66. The van der Waals surface area contributed by atoms with Gasteiger partial charge in [0.2, 0.25) is 0 Å². The first kappa shape index (κ1) is 16.0. The summed E-state index contributed by atoms with van der Waals surface area (Å²) in [5, 5.41) is 3.45. The largest absolute Gasteiger partial charge is 0.355 e. The summed E-state index contributed by atoms with van der Waals surface area (Å²) in [7, 11) is 0. The van der Waals surface area contributed by atoms with Gasteiger partial charge < -0.3 is 5.32 Å². The maximum Gasteiger partial charge on any atom is 0.0632 e. The smallest absolute Gasteiger partial charge is 0.0632 e. The number of benzene rings is 3. The van der Waals surface area contributed by atoms with E-state index in [9.17, 15) is 0 Å². The Morgan fingerprint density at radius 1 is 0.833 bits per heavy atom. The van der Waals surface area contributed by atoms with Gasteiger partial charge in [0.05, 0.1) is 5.69 Å². The van der Waals surface area contributed by atoms with E-state index >= 15 is 0 Å². The van der Waals surface area contributed by atoms with E-state index in [4.69, 9.17) is 0 Å². The van der Waals surface area contributed by atoms with E-state index in [-0.39, 0.29) is 0 Å². The van der Waals surface area contributed by atoms with Gasteiger partial charge in [0.25, 0.3) is 0 Å². The van der Waals surface area contributed by atoms with Crippen molar-refractivity contribution >= 4 is 23.3 Å². The zero-order chi connectivity index (χ0) is 16.8. The van der Waals surface area contributed by atoms with E-state index in [0.29, 0.717) is 5.92 Å². The fourth-order valence-electron chi connectivity index (χ4n) is 2.51. The normalized spacial score (nSPS) is 11.1. The molecule has 0 fully saturated rings.